The molecule has 0 unspecified atom stereocenters. The minimum absolute atomic E-state index is 0.237. The highest BCUT2D eigenvalue weighted by Gasteiger charge is 2.40. The lowest BCUT2D eigenvalue weighted by molar-refractivity contribution is 0.109. The third-order valence-corrected chi connectivity index (χ3v) is 5.18. The molecule has 4 rings (SSSR count). The Hall–Kier alpha value is -3.34. The topological polar surface area (TPSA) is 70.6 Å². The Balaban J connectivity index is 1.68. The molecule has 0 saturated carbocycles. The van der Waals surface area contributed by atoms with Crippen LogP contribution in [0.5, 0.6) is 0 Å². The largest absolute Gasteiger partial charge is 0.370 e. The van der Waals surface area contributed by atoms with Gasteiger partial charge in [0.15, 0.2) is 11.5 Å². The van der Waals surface area contributed by atoms with Gasteiger partial charge in [0.2, 0.25) is 5.95 Å². The van der Waals surface area contributed by atoms with Crippen LogP contribution in [-0.4, -0.2) is 32.8 Å². The summed E-state index contributed by atoms with van der Waals surface area (Å²) in [6.07, 6.45) is 3.41. The number of nitrogens with zero attached hydrogens (tertiary/aromatic N) is 6. The van der Waals surface area contributed by atoms with Gasteiger partial charge >= 0.3 is 0 Å². The molecule has 0 atom stereocenters. The highest BCUT2D eigenvalue weighted by molar-refractivity contribution is 5.82. The number of piperidine rings is 1. The van der Waals surface area contributed by atoms with Crippen LogP contribution in [0, 0.1) is 17.3 Å². The van der Waals surface area contributed by atoms with Crippen LogP contribution in [-0.2, 0) is 12.7 Å². The number of pyridine rings is 1. The fraction of sp³-hybridized carbons (Fsp3) is 0.300. The average molecular weight is 380 g/mol. The molecule has 1 aliphatic rings. The van der Waals surface area contributed by atoms with Crippen LogP contribution in [0.1, 0.15) is 24.2 Å². The molecule has 0 amide bonds. The predicted octanol–water partition coefficient (Wildman–Crippen LogP) is 3.35. The molecule has 8 heteroatoms. The lowest BCUT2D eigenvalue weighted by Gasteiger charge is -2.38. The molecule has 142 valence electrons. The second-order valence-electron chi connectivity index (χ2n) is 6.90. The number of halogens is 2. The van der Waals surface area contributed by atoms with Gasteiger partial charge in [0.1, 0.15) is 12.4 Å². The number of para-hydroxylation sites is 1. The van der Waals surface area contributed by atoms with Crippen molar-refractivity contribution in [3.63, 3.8) is 0 Å². The predicted molar refractivity (Wildman–Crippen MR) is 99.6 cm³/mol. The highest BCUT2D eigenvalue weighted by Crippen LogP contribution is 2.40. The summed E-state index contributed by atoms with van der Waals surface area (Å²) >= 11 is 0. The van der Waals surface area contributed by atoms with E-state index in [2.05, 4.69) is 21.3 Å². The summed E-state index contributed by atoms with van der Waals surface area (Å²) in [5.41, 5.74) is 1.14. The first kappa shape index (κ1) is 18.0. The lowest BCUT2D eigenvalue weighted by atomic mass is 9.90. The van der Waals surface area contributed by atoms with Crippen molar-refractivity contribution < 1.29 is 8.78 Å². The summed E-state index contributed by atoms with van der Waals surface area (Å²) in [5, 5.41) is 17.3. The Bertz CT molecular complexity index is 1030. The number of rotatable bonds is 3. The van der Waals surface area contributed by atoms with Gasteiger partial charge in [0.25, 0.3) is 0 Å². The summed E-state index contributed by atoms with van der Waals surface area (Å²) in [7, 11) is 1.73. The fourth-order valence-electron chi connectivity index (χ4n) is 3.74. The van der Waals surface area contributed by atoms with E-state index in [9.17, 15) is 9.65 Å². The van der Waals surface area contributed by atoms with E-state index in [0.717, 1.165) is 11.3 Å². The summed E-state index contributed by atoms with van der Waals surface area (Å²) in [6.45, 7) is 0.841. The Morgan fingerprint density at radius 1 is 1.18 bits per heavy atom. The maximum absolute atomic E-state index is 15.5. The summed E-state index contributed by atoms with van der Waals surface area (Å²) < 4.78 is 30.3. The first-order valence-electron chi connectivity index (χ1n) is 8.95. The smallest absolute Gasteiger partial charge is 0.212 e. The fourth-order valence-corrected chi connectivity index (χ4v) is 3.74. The number of nitriles is 1. The van der Waals surface area contributed by atoms with Crippen molar-refractivity contribution in [3.8, 4) is 17.2 Å². The molecule has 0 aliphatic carbocycles. The minimum atomic E-state index is -1.55. The second kappa shape index (κ2) is 7.00. The molecular formula is C20H18F2N6. The van der Waals surface area contributed by atoms with Gasteiger partial charge in [-0.3, -0.25) is 0 Å². The minimum Gasteiger partial charge on any atom is -0.370 e. The number of aryl methyl sites for hydroxylation is 1. The number of benzene rings is 1. The second-order valence-corrected chi connectivity index (χ2v) is 6.90. The monoisotopic (exact) mass is 380 g/mol. The normalized spacial score (nSPS) is 16.0. The summed E-state index contributed by atoms with van der Waals surface area (Å²) in [5.74, 6) is -0.241. The van der Waals surface area contributed by atoms with E-state index < -0.39 is 11.6 Å². The maximum Gasteiger partial charge on any atom is 0.212 e. The Morgan fingerprint density at radius 2 is 1.96 bits per heavy atom. The Morgan fingerprint density at radius 3 is 2.57 bits per heavy atom. The first-order valence-corrected chi connectivity index (χ1v) is 8.95. The van der Waals surface area contributed by atoms with Crippen LogP contribution in [0.4, 0.5) is 14.5 Å². The van der Waals surface area contributed by atoms with Gasteiger partial charge in [-0.2, -0.15) is 9.65 Å². The molecule has 0 N–H and O–H groups in total. The zero-order chi connectivity index (χ0) is 19.7. The van der Waals surface area contributed by atoms with Gasteiger partial charge in [-0.05, 0) is 18.2 Å². The third-order valence-electron chi connectivity index (χ3n) is 5.18. The van der Waals surface area contributed by atoms with Crippen molar-refractivity contribution in [2.45, 2.75) is 18.5 Å². The third kappa shape index (κ3) is 3.09. The van der Waals surface area contributed by atoms with E-state index in [0.29, 0.717) is 30.0 Å². The number of aromatic nitrogens is 4. The number of anilines is 1. The molecule has 3 heterocycles. The van der Waals surface area contributed by atoms with Crippen molar-refractivity contribution in [1.82, 2.24) is 19.7 Å². The standard InChI is InChI=1S/C20H18F2N6/c1-27-13-25-26-19(27)20(22)7-9-28(10-8-20)18-14(11-23)3-2-4-16(18)15-5-6-17(21)24-12-15/h2-6,12-13H,7-10H2,1H3. The lowest BCUT2D eigenvalue weighted by Crippen LogP contribution is -2.42. The quantitative estimate of drug-likeness (QED) is 0.652. The maximum atomic E-state index is 15.5. The van der Waals surface area contributed by atoms with Gasteiger partial charge in [0.05, 0.1) is 11.3 Å². The zero-order valence-corrected chi connectivity index (χ0v) is 15.3. The average Bonchev–Trinajstić information content (AvgIpc) is 3.15. The number of alkyl halides is 1. The molecule has 1 saturated heterocycles. The zero-order valence-electron chi connectivity index (χ0n) is 15.3. The molecule has 0 spiro atoms. The van der Waals surface area contributed by atoms with Crippen LogP contribution in [0.15, 0.2) is 42.9 Å². The van der Waals surface area contributed by atoms with Gasteiger partial charge < -0.3 is 9.47 Å². The molecule has 2 aromatic heterocycles. The van der Waals surface area contributed by atoms with Crippen LogP contribution < -0.4 is 4.90 Å². The van der Waals surface area contributed by atoms with Crippen LogP contribution >= 0.6 is 0 Å². The van der Waals surface area contributed by atoms with E-state index >= 15 is 4.39 Å². The molecule has 1 fully saturated rings. The Labute approximate surface area is 161 Å². The highest BCUT2D eigenvalue weighted by atomic mass is 19.1. The van der Waals surface area contributed by atoms with Gasteiger partial charge in [-0.15, -0.1) is 10.2 Å². The number of hydrogen-bond acceptors (Lipinski definition) is 5. The van der Waals surface area contributed by atoms with Gasteiger partial charge in [-0.1, -0.05) is 12.1 Å². The molecule has 3 aromatic rings. The molecule has 0 bridgehead atoms. The molecule has 1 aliphatic heterocycles. The van der Waals surface area contributed by atoms with Crippen molar-refractivity contribution in [1.29, 1.82) is 5.26 Å². The van der Waals surface area contributed by atoms with Crippen LogP contribution in [0.3, 0.4) is 0 Å². The molecule has 6 nitrogen and oxygen atoms in total. The van der Waals surface area contributed by atoms with Crippen LogP contribution in [0.2, 0.25) is 0 Å². The first-order chi connectivity index (χ1) is 13.5. The van der Waals surface area contributed by atoms with Crippen molar-refractivity contribution >= 4 is 5.69 Å². The van der Waals surface area contributed by atoms with Gasteiger partial charge in [0, 0.05) is 50.3 Å². The van der Waals surface area contributed by atoms with E-state index in [1.54, 1.807) is 29.8 Å². The molecule has 1 aromatic carbocycles. The summed E-state index contributed by atoms with van der Waals surface area (Å²) in [6, 6.07) is 10.5. The number of hydrogen-bond donors (Lipinski definition) is 0. The van der Waals surface area contributed by atoms with E-state index in [4.69, 9.17) is 0 Å². The van der Waals surface area contributed by atoms with E-state index in [1.807, 2.05) is 11.0 Å². The Kier molecular flexibility index (Phi) is 4.51. The molecule has 28 heavy (non-hydrogen) atoms. The van der Waals surface area contributed by atoms with Gasteiger partial charge in [-0.25, -0.2) is 9.37 Å². The van der Waals surface area contributed by atoms with Crippen LogP contribution in [0.25, 0.3) is 11.1 Å². The molecular weight excluding hydrogens is 362 g/mol. The van der Waals surface area contributed by atoms with Crippen molar-refractivity contribution in [2.24, 2.45) is 7.05 Å². The van der Waals surface area contributed by atoms with E-state index in [1.165, 1.54) is 18.6 Å². The molecule has 0 radical (unpaired) electrons. The van der Waals surface area contributed by atoms with Crippen molar-refractivity contribution in [2.75, 3.05) is 18.0 Å². The van der Waals surface area contributed by atoms with E-state index in [-0.39, 0.29) is 12.8 Å². The summed E-state index contributed by atoms with van der Waals surface area (Å²) in [4.78, 5) is 5.72. The SMILES string of the molecule is Cn1cnnc1C1(F)CCN(c2c(C#N)cccc2-c2ccc(F)nc2)CC1. The van der Waals surface area contributed by atoms with Crippen molar-refractivity contribution in [3.05, 3.63) is 60.2 Å².